The molecule has 5 nitrogen and oxygen atoms in total. The number of hydrogen-bond acceptors (Lipinski definition) is 3. The zero-order valence-corrected chi connectivity index (χ0v) is 13.6. The minimum absolute atomic E-state index is 0.00130. The molecule has 1 aromatic heterocycles. The van der Waals surface area contributed by atoms with Crippen LogP contribution in [0.4, 0.5) is 0 Å². The first-order chi connectivity index (χ1) is 9.38. The van der Waals surface area contributed by atoms with Gasteiger partial charge in [-0.1, -0.05) is 6.92 Å². The van der Waals surface area contributed by atoms with Crippen molar-refractivity contribution < 1.29 is 4.79 Å². The highest BCUT2D eigenvalue weighted by Gasteiger charge is 2.33. The summed E-state index contributed by atoms with van der Waals surface area (Å²) in [5.41, 5.74) is -0.155. The summed E-state index contributed by atoms with van der Waals surface area (Å²) in [4.78, 5) is 28.1. The lowest BCUT2D eigenvalue weighted by molar-refractivity contribution is -0.131. The Balaban J connectivity index is 2.06. The zero-order valence-electron chi connectivity index (χ0n) is 12.0. The Kier molecular flexibility index (Phi) is 4.65. The summed E-state index contributed by atoms with van der Waals surface area (Å²) >= 11 is 3.32. The Hall–Kier alpha value is -1.14. The Labute approximate surface area is 127 Å². The zero-order chi connectivity index (χ0) is 14.9. The second-order valence-electron chi connectivity index (χ2n) is 5.62. The number of likely N-dealkylation sites (tertiary alicyclic amines) is 1. The number of halogens is 1. The van der Waals surface area contributed by atoms with Gasteiger partial charge in [0, 0.05) is 35.9 Å². The quantitative estimate of drug-likeness (QED) is 0.824. The number of aromatic nitrogens is 1. The lowest BCUT2D eigenvalue weighted by atomic mass is 10.1. The van der Waals surface area contributed by atoms with Crippen LogP contribution in [-0.4, -0.2) is 53.5 Å². The van der Waals surface area contributed by atoms with E-state index < -0.39 is 0 Å². The summed E-state index contributed by atoms with van der Waals surface area (Å²) in [5.74, 6) is 0.453. The maximum atomic E-state index is 12.3. The molecule has 1 saturated heterocycles. The van der Waals surface area contributed by atoms with Crippen molar-refractivity contribution in [1.82, 2.24) is 14.4 Å². The molecule has 0 aromatic carbocycles. The van der Waals surface area contributed by atoms with E-state index in [1.807, 2.05) is 19.0 Å². The van der Waals surface area contributed by atoms with Gasteiger partial charge in [-0.15, -0.1) is 0 Å². The van der Waals surface area contributed by atoms with Crippen molar-refractivity contribution in [3.8, 4) is 0 Å². The second kappa shape index (κ2) is 6.10. The molecule has 20 heavy (non-hydrogen) atoms. The number of carbonyl (C=O) groups excluding carboxylic acids is 1. The fourth-order valence-corrected chi connectivity index (χ4v) is 3.08. The van der Waals surface area contributed by atoms with Crippen molar-refractivity contribution in [2.45, 2.75) is 19.5 Å². The van der Waals surface area contributed by atoms with E-state index in [-0.39, 0.29) is 18.0 Å². The van der Waals surface area contributed by atoms with E-state index in [9.17, 15) is 9.59 Å². The Morgan fingerprint density at radius 1 is 1.40 bits per heavy atom. The van der Waals surface area contributed by atoms with E-state index in [0.717, 1.165) is 17.6 Å². The molecule has 2 heterocycles. The van der Waals surface area contributed by atoms with E-state index in [2.05, 4.69) is 27.8 Å². The van der Waals surface area contributed by atoms with Crippen LogP contribution in [0.2, 0.25) is 0 Å². The van der Waals surface area contributed by atoms with Crippen LogP contribution in [-0.2, 0) is 11.3 Å². The first kappa shape index (κ1) is 15.3. The monoisotopic (exact) mass is 341 g/mol. The molecule has 1 amide bonds. The molecule has 2 atom stereocenters. The highest BCUT2D eigenvalue weighted by Crippen LogP contribution is 2.20. The molecule has 0 saturated carbocycles. The maximum Gasteiger partial charge on any atom is 0.251 e. The largest absolute Gasteiger partial charge is 0.339 e. The van der Waals surface area contributed by atoms with Crippen LogP contribution in [0.15, 0.2) is 27.6 Å². The van der Waals surface area contributed by atoms with Crippen LogP contribution in [0.25, 0.3) is 0 Å². The fourth-order valence-electron chi connectivity index (χ4n) is 2.70. The van der Waals surface area contributed by atoms with Gasteiger partial charge < -0.3 is 14.4 Å². The number of likely N-dealkylation sites (N-methyl/N-ethyl adjacent to an activating group) is 1. The van der Waals surface area contributed by atoms with Crippen molar-refractivity contribution in [3.63, 3.8) is 0 Å². The maximum absolute atomic E-state index is 12.3. The molecular formula is C14H20BrN3O2. The summed E-state index contributed by atoms with van der Waals surface area (Å²) < 4.78 is 2.24. The van der Waals surface area contributed by atoms with E-state index >= 15 is 0 Å². The molecular weight excluding hydrogens is 322 g/mol. The van der Waals surface area contributed by atoms with E-state index in [0.29, 0.717) is 12.0 Å². The van der Waals surface area contributed by atoms with Crippen LogP contribution in [0.1, 0.15) is 6.92 Å². The summed E-state index contributed by atoms with van der Waals surface area (Å²) in [6, 6.07) is 3.54. The summed E-state index contributed by atoms with van der Waals surface area (Å²) in [6.45, 7) is 3.74. The van der Waals surface area contributed by atoms with Gasteiger partial charge in [0.15, 0.2) is 0 Å². The minimum Gasteiger partial charge on any atom is -0.339 e. The van der Waals surface area contributed by atoms with Gasteiger partial charge in [0.2, 0.25) is 5.91 Å². The number of amides is 1. The predicted octanol–water partition coefficient (Wildman–Crippen LogP) is 1.02. The van der Waals surface area contributed by atoms with Crippen molar-refractivity contribution >= 4 is 21.8 Å². The number of hydrogen-bond donors (Lipinski definition) is 0. The van der Waals surface area contributed by atoms with Gasteiger partial charge in [0.1, 0.15) is 6.54 Å². The standard InChI is InChI=1S/C14H20BrN3O2/c1-10-6-17(8-12(10)16(2)3)14(20)9-18-7-11(15)4-5-13(18)19/h4-5,7,10,12H,6,8-9H2,1-3H3/t10-,12+/m0/s1. The molecule has 1 aliphatic heterocycles. The molecule has 1 fully saturated rings. The number of carbonyl (C=O) groups is 1. The third-order valence-electron chi connectivity index (χ3n) is 3.84. The summed E-state index contributed by atoms with van der Waals surface area (Å²) in [7, 11) is 4.07. The smallest absolute Gasteiger partial charge is 0.251 e. The van der Waals surface area contributed by atoms with Crippen molar-refractivity contribution in [1.29, 1.82) is 0 Å². The SMILES string of the molecule is C[C@H]1CN(C(=O)Cn2cc(Br)ccc2=O)C[C@H]1N(C)C. The number of nitrogens with zero attached hydrogens (tertiary/aromatic N) is 3. The van der Waals surface area contributed by atoms with Crippen molar-refractivity contribution in [2.24, 2.45) is 5.92 Å². The Morgan fingerprint density at radius 3 is 2.70 bits per heavy atom. The van der Waals surface area contributed by atoms with Crippen molar-refractivity contribution in [2.75, 3.05) is 27.2 Å². The third-order valence-corrected chi connectivity index (χ3v) is 4.31. The van der Waals surface area contributed by atoms with Crippen LogP contribution < -0.4 is 5.56 Å². The topological polar surface area (TPSA) is 45.6 Å². The highest BCUT2D eigenvalue weighted by molar-refractivity contribution is 9.10. The van der Waals surface area contributed by atoms with Gasteiger partial charge in [-0.2, -0.15) is 0 Å². The van der Waals surface area contributed by atoms with Crippen molar-refractivity contribution in [3.05, 3.63) is 33.2 Å². The Bertz CT molecular complexity index is 556. The van der Waals surface area contributed by atoms with Crippen LogP contribution in [0, 0.1) is 5.92 Å². The fraction of sp³-hybridized carbons (Fsp3) is 0.571. The first-order valence-corrected chi connectivity index (χ1v) is 7.48. The normalized spacial score (nSPS) is 22.6. The molecule has 0 unspecified atom stereocenters. The van der Waals surface area contributed by atoms with Gasteiger partial charge in [0.25, 0.3) is 5.56 Å². The second-order valence-corrected chi connectivity index (χ2v) is 6.54. The van der Waals surface area contributed by atoms with E-state index in [1.54, 1.807) is 12.3 Å². The van der Waals surface area contributed by atoms with Gasteiger partial charge >= 0.3 is 0 Å². The van der Waals surface area contributed by atoms with Crippen LogP contribution >= 0.6 is 15.9 Å². The number of rotatable bonds is 3. The average molecular weight is 342 g/mol. The van der Waals surface area contributed by atoms with E-state index in [4.69, 9.17) is 0 Å². The summed E-state index contributed by atoms with van der Waals surface area (Å²) in [6.07, 6.45) is 1.66. The number of pyridine rings is 1. The third kappa shape index (κ3) is 3.30. The minimum atomic E-state index is -0.155. The van der Waals surface area contributed by atoms with Gasteiger partial charge in [-0.3, -0.25) is 9.59 Å². The van der Waals surface area contributed by atoms with E-state index in [1.165, 1.54) is 10.6 Å². The molecule has 1 aliphatic rings. The molecule has 0 spiro atoms. The summed E-state index contributed by atoms with van der Waals surface area (Å²) in [5, 5.41) is 0. The molecule has 110 valence electrons. The van der Waals surface area contributed by atoms with Crippen LogP contribution in [0.3, 0.4) is 0 Å². The average Bonchev–Trinajstić information content (AvgIpc) is 2.76. The lowest BCUT2D eigenvalue weighted by Crippen LogP contribution is -2.38. The molecule has 6 heteroatoms. The molecule has 2 rings (SSSR count). The molecule has 0 aliphatic carbocycles. The molecule has 0 N–H and O–H groups in total. The van der Waals surface area contributed by atoms with Gasteiger partial charge in [0.05, 0.1) is 0 Å². The van der Waals surface area contributed by atoms with Gasteiger partial charge in [-0.25, -0.2) is 0 Å². The van der Waals surface area contributed by atoms with Crippen LogP contribution in [0.5, 0.6) is 0 Å². The van der Waals surface area contributed by atoms with Gasteiger partial charge in [-0.05, 0) is 42.0 Å². The Morgan fingerprint density at radius 2 is 2.10 bits per heavy atom. The molecule has 0 bridgehead atoms. The molecule has 1 aromatic rings. The first-order valence-electron chi connectivity index (χ1n) is 6.68. The molecule has 0 radical (unpaired) electrons. The lowest BCUT2D eigenvalue weighted by Gasteiger charge is -2.22. The highest BCUT2D eigenvalue weighted by atomic mass is 79.9. The predicted molar refractivity (Wildman–Crippen MR) is 81.6 cm³/mol.